The highest BCUT2D eigenvalue weighted by Crippen LogP contribution is 2.22. The van der Waals surface area contributed by atoms with Gasteiger partial charge in [0.15, 0.2) is 0 Å². The lowest BCUT2D eigenvalue weighted by Crippen LogP contribution is -2.18. The first-order valence-electron chi connectivity index (χ1n) is 7.49. The van der Waals surface area contributed by atoms with Gasteiger partial charge >= 0.3 is 0 Å². The molecule has 2 aromatic carbocycles. The molecule has 0 saturated heterocycles. The zero-order valence-corrected chi connectivity index (χ0v) is 14.9. The van der Waals surface area contributed by atoms with Crippen molar-refractivity contribution < 1.29 is 13.3 Å². The fraction of sp³-hybridized carbons (Fsp3) is 0.235. The maximum atomic E-state index is 12.1. The zero-order valence-electron chi connectivity index (χ0n) is 14.1. The molecule has 2 aromatic rings. The van der Waals surface area contributed by atoms with Gasteiger partial charge in [0, 0.05) is 12.1 Å². The fourth-order valence-corrected chi connectivity index (χ4v) is 2.89. The average Bonchev–Trinajstić information content (AvgIpc) is 2.54. The number of non-ortho nitro benzene ring substituents is 1. The van der Waals surface area contributed by atoms with E-state index < -0.39 is 14.9 Å². The van der Waals surface area contributed by atoms with Crippen molar-refractivity contribution in [1.82, 2.24) is 4.83 Å². The van der Waals surface area contributed by atoms with Gasteiger partial charge in [0.05, 0.1) is 16.0 Å². The molecule has 0 amide bonds. The molecule has 2 rings (SSSR count). The third-order valence-electron chi connectivity index (χ3n) is 3.50. The van der Waals surface area contributed by atoms with Gasteiger partial charge in [0.1, 0.15) is 0 Å². The SMILES string of the molecule is CC(C)(C)c1ccc(C=NNS(=O)(=O)c2cccc([N+](=O)[O-])c2)cc1. The number of benzene rings is 2. The summed E-state index contributed by atoms with van der Waals surface area (Å²) < 4.78 is 24.3. The molecule has 0 bridgehead atoms. The highest BCUT2D eigenvalue weighted by molar-refractivity contribution is 7.89. The first-order chi connectivity index (χ1) is 11.6. The summed E-state index contributed by atoms with van der Waals surface area (Å²) >= 11 is 0. The molecule has 0 saturated carbocycles. The van der Waals surface area contributed by atoms with Crippen molar-refractivity contribution in [3.63, 3.8) is 0 Å². The van der Waals surface area contributed by atoms with Crippen LogP contribution in [0.15, 0.2) is 58.5 Å². The van der Waals surface area contributed by atoms with Crippen LogP contribution in [0.2, 0.25) is 0 Å². The van der Waals surface area contributed by atoms with Crippen molar-refractivity contribution >= 4 is 21.9 Å². The van der Waals surface area contributed by atoms with Gasteiger partial charge in [-0.25, -0.2) is 4.83 Å². The van der Waals surface area contributed by atoms with Crippen LogP contribution in [0.4, 0.5) is 5.69 Å². The Morgan fingerprint density at radius 2 is 1.76 bits per heavy atom. The number of nitro benzene ring substituents is 1. The molecule has 0 heterocycles. The maximum absolute atomic E-state index is 12.1. The summed E-state index contributed by atoms with van der Waals surface area (Å²) in [5, 5.41) is 14.5. The van der Waals surface area contributed by atoms with Gasteiger partial charge in [0.2, 0.25) is 0 Å². The number of hydrogen-bond acceptors (Lipinski definition) is 5. The van der Waals surface area contributed by atoms with Crippen LogP contribution in [-0.4, -0.2) is 19.6 Å². The molecule has 1 N–H and O–H groups in total. The van der Waals surface area contributed by atoms with Crippen molar-refractivity contribution in [2.24, 2.45) is 5.10 Å². The second-order valence-electron chi connectivity index (χ2n) is 6.48. The van der Waals surface area contributed by atoms with Gasteiger partial charge in [-0.2, -0.15) is 13.5 Å². The molecular formula is C17H19N3O4S. The molecule has 0 unspecified atom stereocenters. The molecule has 0 aliphatic heterocycles. The van der Waals surface area contributed by atoms with E-state index in [0.717, 1.165) is 17.2 Å². The monoisotopic (exact) mass is 361 g/mol. The summed E-state index contributed by atoms with van der Waals surface area (Å²) in [5.74, 6) is 0. The molecule has 8 heteroatoms. The Kier molecular flexibility index (Phi) is 5.22. The van der Waals surface area contributed by atoms with Gasteiger partial charge < -0.3 is 0 Å². The number of sulfonamides is 1. The van der Waals surface area contributed by atoms with Crippen molar-refractivity contribution in [3.8, 4) is 0 Å². The minimum Gasteiger partial charge on any atom is -0.258 e. The van der Waals surface area contributed by atoms with E-state index in [1.807, 2.05) is 24.3 Å². The Balaban J connectivity index is 2.13. The lowest BCUT2D eigenvalue weighted by Gasteiger charge is -2.18. The summed E-state index contributed by atoms with van der Waals surface area (Å²) in [6.45, 7) is 6.30. The summed E-state index contributed by atoms with van der Waals surface area (Å²) in [4.78, 5) is 11.9. The van der Waals surface area contributed by atoms with Gasteiger partial charge in [-0.1, -0.05) is 51.1 Å². The Morgan fingerprint density at radius 1 is 1.12 bits per heavy atom. The van der Waals surface area contributed by atoms with Crippen LogP contribution in [0.3, 0.4) is 0 Å². The average molecular weight is 361 g/mol. The van der Waals surface area contributed by atoms with E-state index in [-0.39, 0.29) is 16.0 Å². The molecule has 25 heavy (non-hydrogen) atoms. The van der Waals surface area contributed by atoms with Crippen LogP contribution in [0.25, 0.3) is 0 Å². The fourth-order valence-electron chi connectivity index (χ4n) is 2.06. The van der Waals surface area contributed by atoms with E-state index in [2.05, 4.69) is 30.7 Å². The highest BCUT2D eigenvalue weighted by atomic mass is 32.2. The van der Waals surface area contributed by atoms with Crippen molar-refractivity contribution in [3.05, 3.63) is 69.8 Å². The van der Waals surface area contributed by atoms with Crippen LogP contribution >= 0.6 is 0 Å². The lowest BCUT2D eigenvalue weighted by molar-refractivity contribution is -0.385. The normalized spacial score (nSPS) is 12.3. The third-order valence-corrected chi connectivity index (χ3v) is 4.72. The minimum atomic E-state index is -3.97. The lowest BCUT2D eigenvalue weighted by atomic mass is 9.87. The zero-order chi connectivity index (χ0) is 18.7. The molecular weight excluding hydrogens is 342 g/mol. The summed E-state index contributed by atoms with van der Waals surface area (Å²) in [7, 11) is -3.97. The van der Waals surface area contributed by atoms with E-state index in [9.17, 15) is 18.5 Å². The molecule has 0 aliphatic carbocycles. The standard InChI is InChI=1S/C17H19N3O4S/c1-17(2,3)14-9-7-13(8-10-14)12-18-19-25(23,24)16-6-4-5-15(11-16)20(21)22/h4-12,19H,1-3H3. The van der Waals surface area contributed by atoms with E-state index >= 15 is 0 Å². The molecule has 0 spiro atoms. The number of nitrogens with zero attached hydrogens (tertiary/aromatic N) is 2. The largest absolute Gasteiger partial charge is 0.276 e. The molecule has 0 aromatic heterocycles. The second-order valence-corrected chi connectivity index (χ2v) is 8.14. The Morgan fingerprint density at radius 3 is 2.32 bits per heavy atom. The topological polar surface area (TPSA) is 102 Å². The van der Waals surface area contributed by atoms with Crippen LogP contribution < -0.4 is 4.83 Å². The van der Waals surface area contributed by atoms with Gasteiger partial charge in [-0.05, 0) is 22.6 Å². The molecule has 0 radical (unpaired) electrons. The number of rotatable bonds is 5. The van der Waals surface area contributed by atoms with Crippen LogP contribution in [-0.2, 0) is 15.4 Å². The summed E-state index contributed by atoms with van der Waals surface area (Å²) in [5.41, 5.74) is 1.61. The summed E-state index contributed by atoms with van der Waals surface area (Å²) in [6, 6.07) is 12.4. The first kappa shape index (κ1) is 18.6. The Labute approximate surface area is 146 Å². The predicted molar refractivity (Wildman–Crippen MR) is 96.2 cm³/mol. The van der Waals surface area contributed by atoms with E-state index in [1.54, 1.807) is 0 Å². The smallest absolute Gasteiger partial charge is 0.258 e. The Hall–Kier alpha value is -2.74. The van der Waals surface area contributed by atoms with Crippen molar-refractivity contribution in [2.75, 3.05) is 0 Å². The van der Waals surface area contributed by atoms with Gasteiger partial charge in [-0.3, -0.25) is 10.1 Å². The van der Waals surface area contributed by atoms with Crippen LogP contribution in [0, 0.1) is 10.1 Å². The number of nitro groups is 1. The molecule has 0 atom stereocenters. The molecule has 0 aliphatic rings. The highest BCUT2D eigenvalue weighted by Gasteiger charge is 2.16. The third kappa shape index (κ3) is 4.87. The van der Waals surface area contributed by atoms with Gasteiger partial charge in [-0.15, -0.1) is 0 Å². The van der Waals surface area contributed by atoms with E-state index in [1.165, 1.54) is 24.4 Å². The predicted octanol–water partition coefficient (Wildman–Crippen LogP) is 3.20. The van der Waals surface area contributed by atoms with Crippen molar-refractivity contribution in [1.29, 1.82) is 0 Å². The van der Waals surface area contributed by atoms with Crippen molar-refractivity contribution in [2.45, 2.75) is 31.1 Å². The number of hydrazone groups is 1. The van der Waals surface area contributed by atoms with Crippen LogP contribution in [0.5, 0.6) is 0 Å². The molecule has 132 valence electrons. The van der Waals surface area contributed by atoms with Crippen LogP contribution in [0.1, 0.15) is 31.9 Å². The van der Waals surface area contributed by atoms with Gasteiger partial charge in [0.25, 0.3) is 15.7 Å². The first-order valence-corrected chi connectivity index (χ1v) is 8.98. The quantitative estimate of drug-likeness (QED) is 0.502. The second kappa shape index (κ2) is 7.02. The Bertz CT molecular complexity index is 898. The number of nitrogens with one attached hydrogen (secondary N) is 1. The molecule has 0 fully saturated rings. The van der Waals surface area contributed by atoms with E-state index in [0.29, 0.717) is 0 Å². The maximum Gasteiger partial charge on any atom is 0.276 e. The van der Waals surface area contributed by atoms with E-state index in [4.69, 9.17) is 0 Å². The minimum absolute atomic E-state index is 0.0271. The molecule has 7 nitrogen and oxygen atoms in total. The summed E-state index contributed by atoms with van der Waals surface area (Å²) in [6.07, 6.45) is 1.38. The number of hydrogen-bond donors (Lipinski definition) is 1.